The molecule has 2 rings (SSSR count). The van der Waals surface area contributed by atoms with E-state index in [1.165, 1.54) is 5.56 Å². The van der Waals surface area contributed by atoms with Gasteiger partial charge in [0.15, 0.2) is 5.96 Å². The number of methoxy groups -OCH3 is 1. The van der Waals surface area contributed by atoms with E-state index in [0.29, 0.717) is 6.54 Å². The summed E-state index contributed by atoms with van der Waals surface area (Å²) in [5.41, 5.74) is 2.35. The average molecular weight is 355 g/mol. The zero-order valence-electron chi connectivity index (χ0n) is 16.1. The van der Waals surface area contributed by atoms with Crippen LogP contribution in [0.2, 0.25) is 0 Å². The summed E-state index contributed by atoms with van der Waals surface area (Å²) in [5, 5.41) is 6.66. The molecule has 0 aliphatic heterocycles. The van der Waals surface area contributed by atoms with E-state index in [1.54, 1.807) is 14.2 Å². The molecule has 0 radical (unpaired) electrons. The Bertz CT molecular complexity index is 697. The fourth-order valence-electron chi connectivity index (χ4n) is 2.58. The summed E-state index contributed by atoms with van der Waals surface area (Å²) in [7, 11) is 3.46. The lowest BCUT2D eigenvalue weighted by Gasteiger charge is -2.14. The van der Waals surface area contributed by atoms with Gasteiger partial charge in [0.25, 0.3) is 0 Å². The summed E-state index contributed by atoms with van der Waals surface area (Å²) in [6, 6.07) is 16.2. The van der Waals surface area contributed by atoms with E-state index in [9.17, 15) is 0 Å². The molecule has 0 amide bonds. The van der Waals surface area contributed by atoms with E-state index in [2.05, 4.69) is 27.8 Å². The quantitative estimate of drug-likeness (QED) is 0.563. The molecule has 0 spiro atoms. The molecule has 2 N–H and O–H groups in total. The molecular formula is C21H29N3O2. The summed E-state index contributed by atoms with van der Waals surface area (Å²) < 4.78 is 11.0. The largest absolute Gasteiger partial charge is 0.496 e. The maximum absolute atomic E-state index is 5.67. The molecule has 5 nitrogen and oxygen atoms in total. The molecule has 0 heterocycles. The summed E-state index contributed by atoms with van der Waals surface area (Å²) in [6.45, 7) is 5.52. The highest BCUT2D eigenvalue weighted by Crippen LogP contribution is 2.16. The van der Waals surface area contributed by atoms with Gasteiger partial charge in [0.1, 0.15) is 11.5 Å². The number of aliphatic imine (C=N–C) groups is 1. The number of nitrogens with one attached hydrogen (secondary N) is 2. The van der Waals surface area contributed by atoms with E-state index in [1.807, 2.05) is 50.2 Å². The van der Waals surface area contributed by atoms with Crippen molar-refractivity contribution in [3.05, 3.63) is 59.7 Å². The van der Waals surface area contributed by atoms with Gasteiger partial charge in [-0.05, 0) is 44.0 Å². The third-order valence-corrected chi connectivity index (χ3v) is 3.86. The first-order chi connectivity index (χ1) is 12.6. The van der Waals surface area contributed by atoms with Gasteiger partial charge in [-0.3, -0.25) is 4.99 Å². The highest BCUT2D eigenvalue weighted by molar-refractivity contribution is 5.79. The summed E-state index contributed by atoms with van der Waals surface area (Å²) >= 11 is 0. The molecule has 0 bridgehead atoms. The van der Waals surface area contributed by atoms with E-state index in [4.69, 9.17) is 9.47 Å². The molecule has 0 saturated carbocycles. The van der Waals surface area contributed by atoms with Crippen LogP contribution in [-0.2, 0) is 13.0 Å². The van der Waals surface area contributed by atoms with Crippen LogP contribution in [0.1, 0.15) is 25.0 Å². The highest BCUT2D eigenvalue weighted by atomic mass is 16.5. The first-order valence-electron chi connectivity index (χ1n) is 8.94. The maximum Gasteiger partial charge on any atom is 0.191 e. The lowest BCUT2D eigenvalue weighted by Crippen LogP contribution is -2.37. The third kappa shape index (κ3) is 6.31. The Kier molecular flexibility index (Phi) is 7.80. The predicted octanol–water partition coefficient (Wildman–Crippen LogP) is 3.39. The normalized spacial score (nSPS) is 11.3. The molecule has 0 aliphatic rings. The lowest BCUT2D eigenvalue weighted by molar-refractivity contribution is 0.242. The first kappa shape index (κ1) is 19.6. The van der Waals surface area contributed by atoms with E-state index in [0.717, 1.165) is 36.0 Å². The number of benzene rings is 2. The number of nitrogens with zero attached hydrogens (tertiary/aromatic N) is 1. The van der Waals surface area contributed by atoms with Crippen molar-refractivity contribution in [2.24, 2.45) is 4.99 Å². The van der Waals surface area contributed by atoms with Crippen molar-refractivity contribution in [2.45, 2.75) is 32.9 Å². The van der Waals surface area contributed by atoms with Gasteiger partial charge in [-0.25, -0.2) is 0 Å². The van der Waals surface area contributed by atoms with Crippen LogP contribution in [0.3, 0.4) is 0 Å². The van der Waals surface area contributed by atoms with Gasteiger partial charge in [0.05, 0.1) is 13.2 Å². The molecule has 5 heteroatoms. The Morgan fingerprint density at radius 2 is 1.77 bits per heavy atom. The SMILES string of the molecule is CN=C(NCCc1ccc(OC(C)C)cc1)NCc1ccccc1OC. The minimum absolute atomic E-state index is 0.195. The van der Waals surface area contributed by atoms with Crippen LogP contribution in [0, 0.1) is 0 Å². The van der Waals surface area contributed by atoms with Crippen molar-refractivity contribution in [2.75, 3.05) is 20.7 Å². The summed E-state index contributed by atoms with van der Waals surface area (Å²) in [4.78, 5) is 4.27. The zero-order chi connectivity index (χ0) is 18.8. The second-order valence-corrected chi connectivity index (χ2v) is 6.22. The van der Waals surface area contributed by atoms with Gasteiger partial charge in [-0.15, -0.1) is 0 Å². The van der Waals surface area contributed by atoms with Crippen LogP contribution in [0.15, 0.2) is 53.5 Å². The minimum Gasteiger partial charge on any atom is -0.496 e. The van der Waals surface area contributed by atoms with Crippen molar-refractivity contribution in [3.63, 3.8) is 0 Å². The van der Waals surface area contributed by atoms with Gasteiger partial charge < -0.3 is 20.1 Å². The Morgan fingerprint density at radius 1 is 1.04 bits per heavy atom. The van der Waals surface area contributed by atoms with Gasteiger partial charge in [-0.2, -0.15) is 0 Å². The Hall–Kier alpha value is -2.69. The van der Waals surface area contributed by atoms with E-state index in [-0.39, 0.29) is 6.10 Å². The number of hydrogen-bond donors (Lipinski definition) is 2. The number of guanidine groups is 1. The summed E-state index contributed by atoms with van der Waals surface area (Å²) in [5.74, 6) is 2.56. The molecule has 0 fully saturated rings. The monoisotopic (exact) mass is 355 g/mol. The lowest BCUT2D eigenvalue weighted by atomic mass is 10.1. The van der Waals surface area contributed by atoms with Crippen molar-refractivity contribution in [1.29, 1.82) is 0 Å². The van der Waals surface area contributed by atoms with Crippen LogP contribution in [0.25, 0.3) is 0 Å². The van der Waals surface area contributed by atoms with Gasteiger partial charge in [0.2, 0.25) is 0 Å². The second kappa shape index (κ2) is 10.3. The van der Waals surface area contributed by atoms with Gasteiger partial charge >= 0.3 is 0 Å². The fourth-order valence-corrected chi connectivity index (χ4v) is 2.58. The second-order valence-electron chi connectivity index (χ2n) is 6.22. The molecule has 2 aromatic rings. The Balaban J connectivity index is 1.78. The standard InChI is InChI=1S/C21H29N3O2/c1-16(2)26-19-11-9-17(10-12-19)13-14-23-21(22-3)24-15-18-7-5-6-8-20(18)25-4/h5-12,16H,13-15H2,1-4H3,(H2,22,23,24). The smallest absolute Gasteiger partial charge is 0.191 e. The molecule has 0 aliphatic carbocycles. The molecule has 140 valence electrons. The topological polar surface area (TPSA) is 54.9 Å². The van der Waals surface area contributed by atoms with Crippen molar-refractivity contribution in [1.82, 2.24) is 10.6 Å². The van der Waals surface area contributed by atoms with Crippen LogP contribution in [-0.4, -0.2) is 32.8 Å². The molecule has 0 saturated heterocycles. The van der Waals surface area contributed by atoms with Crippen LogP contribution < -0.4 is 20.1 Å². The Labute approximate surface area is 156 Å². The minimum atomic E-state index is 0.195. The number of rotatable bonds is 8. The average Bonchev–Trinajstić information content (AvgIpc) is 2.65. The number of para-hydroxylation sites is 1. The first-order valence-corrected chi connectivity index (χ1v) is 8.94. The van der Waals surface area contributed by atoms with Crippen LogP contribution >= 0.6 is 0 Å². The van der Waals surface area contributed by atoms with E-state index < -0.39 is 0 Å². The van der Waals surface area contributed by atoms with Crippen molar-refractivity contribution >= 4 is 5.96 Å². The van der Waals surface area contributed by atoms with E-state index >= 15 is 0 Å². The zero-order valence-corrected chi connectivity index (χ0v) is 16.1. The molecule has 0 atom stereocenters. The third-order valence-electron chi connectivity index (χ3n) is 3.86. The molecule has 26 heavy (non-hydrogen) atoms. The number of hydrogen-bond acceptors (Lipinski definition) is 3. The predicted molar refractivity (Wildman–Crippen MR) is 107 cm³/mol. The number of ether oxygens (including phenoxy) is 2. The van der Waals surface area contributed by atoms with Crippen LogP contribution in [0.5, 0.6) is 11.5 Å². The van der Waals surface area contributed by atoms with Crippen molar-refractivity contribution in [3.8, 4) is 11.5 Å². The fraction of sp³-hybridized carbons (Fsp3) is 0.381. The molecule has 0 unspecified atom stereocenters. The molecular weight excluding hydrogens is 326 g/mol. The van der Waals surface area contributed by atoms with Gasteiger partial charge in [0, 0.05) is 25.7 Å². The van der Waals surface area contributed by atoms with Gasteiger partial charge in [-0.1, -0.05) is 30.3 Å². The molecule has 2 aromatic carbocycles. The Morgan fingerprint density at radius 3 is 2.42 bits per heavy atom. The highest BCUT2D eigenvalue weighted by Gasteiger charge is 2.04. The maximum atomic E-state index is 5.67. The van der Waals surface area contributed by atoms with Crippen LogP contribution in [0.4, 0.5) is 0 Å². The molecule has 0 aromatic heterocycles. The summed E-state index contributed by atoms with van der Waals surface area (Å²) in [6.07, 6.45) is 1.11. The van der Waals surface area contributed by atoms with Crippen molar-refractivity contribution < 1.29 is 9.47 Å².